The number of aryl methyl sites for hydroxylation is 1. The van der Waals surface area contributed by atoms with Crippen molar-refractivity contribution in [3.05, 3.63) is 35.4 Å². The van der Waals surface area contributed by atoms with Crippen molar-refractivity contribution in [1.82, 2.24) is 14.9 Å². The Morgan fingerprint density at radius 1 is 1.27 bits per heavy atom. The zero-order valence-electron chi connectivity index (χ0n) is 20.0. The summed E-state index contributed by atoms with van der Waals surface area (Å²) in [4.78, 5) is 38.1. The molecule has 3 heterocycles. The van der Waals surface area contributed by atoms with Crippen molar-refractivity contribution in [1.29, 1.82) is 0 Å². The molecule has 2 aromatic heterocycles. The minimum Gasteiger partial charge on any atom is -0.466 e. The molecule has 33 heavy (non-hydrogen) atoms. The molecule has 1 unspecified atom stereocenters. The van der Waals surface area contributed by atoms with Gasteiger partial charge in [-0.05, 0) is 44.7 Å². The number of thioether (sulfide) groups is 1. The standard InChI is InChI=1S/C24H34N4O4S/c1-5-12-27(4)21-14-18(6-2)25-24(26-21)33-16-19-10-11-20(32-19)22(29)28-13-8-9-17(15-28)23(30)31-7-3/h10-11,14,17H,5-9,12-13,15-16H2,1-4H3. The molecule has 2 aromatic rings. The van der Waals surface area contributed by atoms with E-state index in [1.165, 1.54) is 11.8 Å². The van der Waals surface area contributed by atoms with E-state index in [9.17, 15) is 9.59 Å². The molecule has 1 aliphatic heterocycles. The van der Waals surface area contributed by atoms with E-state index >= 15 is 0 Å². The molecule has 0 spiro atoms. The topological polar surface area (TPSA) is 88.8 Å². The van der Waals surface area contributed by atoms with Gasteiger partial charge in [0.1, 0.15) is 11.6 Å². The monoisotopic (exact) mass is 474 g/mol. The maximum atomic E-state index is 12.9. The molecule has 0 N–H and O–H groups in total. The third-order valence-corrected chi connectivity index (χ3v) is 6.47. The Bertz CT molecular complexity index is 948. The Morgan fingerprint density at radius 3 is 2.82 bits per heavy atom. The first-order chi connectivity index (χ1) is 15.9. The summed E-state index contributed by atoms with van der Waals surface area (Å²) in [5.74, 6) is 1.75. The van der Waals surface area contributed by atoms with Crippen LogP contribution in [0.4, 0.5) is 5.82 Å². The molecule has 3 rings (SSSR count). The van der Waals surface area contributed by atoms with E-state index in [0.717, 1.165) is 43.7 Å². The van der Waals surface area contributed by atoms with Gasteiger partial charge in [-0.25, -0.2) is 9.97 Å². The number of anilines is 1. The summed E-state index contributed by atoms with van der Waals surface area (Å²) in [6.07, 6.45) is 3.41. The third-order valence-electron chi connectivity index (χ3n) is 5.60. The van der Waals surface area contributed by atoms with Gasteiger partial charge >= 0.3 is 5.97 Å². The summed E-state index contributed by atoms with van der Waals surface area (Å²) >= 11 is 1.49. The second kappa shape index (κ2) is 12.1. The van der Waals surface area contributed by atoms with Gasteiger partial charge in [0.15, 0.2) is 10.9 Å². The van der Waals surface area contributed by atoms with Gasteiger partial charge in [-0.15, -0.1) is 0 Å². The molecule has 8 nitrogen and oxygen atoms in total. The molecule has 180 valence electrons. The van der Waals surface area contributed by atoms with Crippen LogP contribution in [-0.4, -0.2) is 60.0 Å². The molecule has 0 radical (unpaired) electrons. The number of aromatic nitrogens is 2. The second-order valence-electron chi connectivity index (χ2n) is 8.17. The summed E-state index contributed by atoms with van der Waals surface area (Å²) in [5, 5.41) is 0.699. The highest BCUT2D eigenvalue weighted by Gasteiger charge is 2.31. The first-order valence-electron chi connectivity index (χ1n) is 11.7. The maximum Gasteiger partial charge on any atom is 0.310 e. The maximum absolute atomic E-state index is 12.9. The molecule has 1 saturated heterocycles. The fraction of sp³-hybridized carbons (Fsp3) is 0.583. The molecule has 0 saturated carbocycles. The number of piperidine rings is 1. The Morgan fingerprint density at radius 2 is 2.09 bits per heavy atom. The van der Waals surface area contributed by atoms with E-state index in [4.69, 9.17) is 9.15 Å². The fourth-order valence-corrected chi connectivity index (χ4v) is 4.59. The minimum atomic E-state index is -0.268. The smallest absolute Gasteiger partial charge is 0.310 e. The van der Waals surface area contributed by atoms with Gasteiger partial charge in [-0.2, -0.15) is 0 Å². The number of hydrogen-bond donors (Lipinski definition) is 0. The summed E-state index contributed by atoms with van der Waals surface area (Å²) in [6.45, 7) is 8.28. The lowest BCUT2D eigenvalue weighted by Gasteiger charge is -2.30. The lowest BCUT2D eigenvalue weighted by molar-refractivity contribution is -0.149. The van der Waals surface area contributed by atoms with Crippen LogP contribution in [0, 0.1) is 5.92 Å². The van der Waals surface area contributed by atoms with Gasteiger partial charge in [0.05, 0.1) is 18.3 Å². The molecule has 0 aromatic carbocycles. The molecule has 1 atom stereocenters. The Balaban J connectivity index is 1.62. The number of nitrogens with zero attached hydrogens (tertiary/aromatic N) is 4. The van der Waals surface area contributed by atoms with Crippen LogP contribution in [0.3, 0.4) is 0 Å². The Hall–Kier alpha value is -2.55. The van der Waals surface area contributed by atoms with Gasteiger partial charge in [0.25, 0.3) is 5.91 Å². The number of likely N-dealkylation sites (tertiary alicyclic amines) is 1. The molecule has 1 amide bonds. The van der Waals surface area contributed by atoms with Gasteiger partial charge in [-0.1, -0.05) is 25.6 Å². The number of carbonyl (C=O) groups excluding carboxylic acids is 2. The Kier molecular flexibility index (Phi) is 9.17. The van der Waals surface area contributed by atoms with Crippen LogP contribution in [-0.2, 0) is 21.7 Å². The van der Waals surface area contributed by atoms with E-state index in [2.05, 4.69) is 28.7 Å². The molecule has 1 fully saturated rings. The number of esters is 1. The third kappa shape index (κ3) is 6.72. The van der Waals surface area contributed by atoms with E-state index < -0.39 is 0 Å². The van der Waals surface area contributed by atoms with Gasteiger partial charge < -0.3 is 19.0 Å². The van der Waals surface area contributed by atoms with Crippen molar-refractivity contribution in [2.24, 2.45) is 5.92 Å². The van der Waals surface area contributed by atoms with Gasteiger partial charge in [0, 0.05) is 38.4 Å². The number of ether oxygens (including phenoxy) is 1. The Labute approximate surface area is 200 Å². The van der Waals surface area contributed by atoms with E-state index in [0.29, 0.717) is 42.1 Å². The highest BCUT2D eigenvalue weighted by molar-refractivity contribution is 7.98. The van der Waals surface area contributed by atoms with Crippen LogP contribution in [0.5, 0.6) is 0 Å². The quantitative estimate of drug-likeness (QED) is 0.288. The zero-order chi connectivity index (χ0) is 23.8. The van der Waals surface area contributed by atoms with Crippen molar-refractivity contribution in [2.75, 3.05) is 38.2 Å². The lowest BCUT2D eigenvalue weighted by Crippen LogP contribution is -2.42. The van der Waals surface area contributed by atoms with Crippen molar-refractivity contribution < 1.29 is 18.7 Å². The average Bonchev–Trinajstić information content (AvgIpc) is 3.31. The highest BCUT2D eigenvalue weighted by atomic mass is 32.2. The predicted octanol–water partition coefficient (Wildman–Crippen LogP) is 4.19. The summed E-state index contributed by atoms with van der Waals surface area (Å²) in [6, 6.07) is 5.56. The van der Waals surface area contributed by atoms with Gasteiger partial charge in [-0.3, -0.25) is 9.59 Å². The van der Waals surface area contributed by atoms with E-state index in [1.54, 1.807) is 17.9 Å². The highest BCUT2D eigenvalue weighted by Crippen LogP contribution is 2.25. The number of amides is 1. The first-order valence-corrected chi connectivity index (χ1v) is 12.7. The lowest BCUT2D eigenvalue weighted by atomic mass is 9.98. The van der Waals surface area contributed by atoms with Crippen molar-refractivity contribution >= 4 is 29.5 Å². The predicted molar refractivity (Wildman–Crippen MR) is 129 cm³/mol. The number of furan rings is 1. The van der Waals surface area contributed by atoms with E-state index in [-0.39, 0.29) is 17.8 Å². The average molecular weight is 475 g/mol. The molecular formula is C24H34N4O4S. The number of hydrogen-bond acceptors (Lipinski definition) is 8. The minimum absolute atomic E-state index is 0.187. The second-order valence-corrected chi connectivity index (χ2v) is 9.11. The van der Waals surface area contributed by atoms with Crippen molar-refractivity contribution in [3.63, 3.8) is 0 Å². The van der Waals surface area contributed by atoms with Crippen molar-refractivity contribution in [3.8, 4) is 0 Å². The van der Waals surface area contributed by atoms with E-state index in [1.807, 2.05) is 19.2 Å². The van der Waals surface area contributed by atoms with Crippen LogP contribution in [0.1, 0.15) is 62.0 Å². The normalized spacial score (nSPS) is 16.0. The van der Waals surface area contributed by atoms with Crippen LogP contribution in [0.25, 0.3) is 0 Å². The number of rotatable bonds is 10. The summed E-state index contributed by atoms with van der Waals surface area (Å²) in [7, 11) is 2.04. The molecular weight excluding hydrogens is 440 g/mol. The zero-order valence-corrected chi connectivity index (χ0v) is 20.8. The molecule has 9 heteroatoms. The molecule has 0 aliphatic carbocycles. The SMILES string of the molecule is CCCN(C)c1cc(CC)nc(SCc2ccc(C(=O)N3CCCC(C(=O)OCC)C3)o2)n1. The van der Waals surface area contributed by atoms with Crippen molar-refractivity contribution in [2.45, 2.75) is 57.4 Å². The van der Waals surface area contributed by atoms with Crippen LogP contribution in [0.2, 0.25) is 0 Å². The van der Waals surface area contributed by atoms with Gasteiger partial charge in [0.2, 0.25) is 0 Å². The molecule has 0 bridgehead atoms. The largest absolute Gasteiger partial charge is 0.466 e. The van der Waals surface area contributed by atoms with Crippen LogP contribution >= 0.6 is 11.8 Å². The molecule has 1 aliphatic rings. The number of carbonyl (C=O) groups is 2. The fourth-order valence-electron chi connectivity index (χ4n) is 3.83. The summed E-state index contributed by atoms with van der Waals surface area (Å²) in [5.41, 5.74) is 1.00. The van der Waals surface area contributed by atoms with Crippen LogP contribution < -0.4 is 4.90 Å². The van der Waals surface area contributed by atoms with Crippen LogP contribution in [0.15, 0.2) is 27.8 Å². The summed E-state index contributed by atoms with van der Waals surface area (Å²) < 4.78 is 11.0. The first kappa shape index (κ1) is 25.1.